The Morgan fingerprint density at radius 2 is 1.59 bits per heavy atom. The summed E-state index contributed by atoms with van der Waals surface area (Å²) in [7, 11) is -3.56. The van der Waals surface area contributed by atoms with Crippen LogP contribution in [0.1, 0.15) is 51.8 Å². The number of benzene rings is 2. The summed E-state index contributed by atoms with van der Waals surface area (Å²) in [6, 6.07) is 5.27. The van der Waals surface area contributed by atoms with Crippen LogP contribution in [0.5, 0.6) is 0 Å². The van der Waals surface area contributed by atoms with Crippen LogP contribution in [-0.4, -0.2) is 43.1 Å². The van der Waals surface area contributed by atoms with Crippen LogP contribution in [0.4, 0.5) is 5.69 Å². The molecule has 0 amide bonds. The third kappa shape index (κ3) is 5.03. The lowest BCUT2D eigenvalue weighted by Gasteiger charge is -2.28. The second kappa shape index (κ2) is 9.68. The first-order chi connectivity index (χ1) is 15.0. The normalized spacial score (nSPS) is 14.4. The van der Waals surface area contributed by atoms with E-state index >= 15 is 0 Å². The molecule has 0 saturated heterocycles. The van der Waals surface area contributed by atoms with E-state index < -0.39 is 10.0 Å². The van der Waals surface area contributed by atoms with Gasteiger partial charge in [0, 0.05) is 31.8 Å². The van der Waals surface area contributed by atoms with Crippen LogP contribution in [0, 0.1) is 39.5 Å². The van der Waals surface area contributed by atoms with Crippen LogP contribution >= 0.6 is 0 Å². The van der Waals surface area contributed by atoms with E-state index in [9.17, 15) is 13.3 Å². The molecule has 0 aliphatic carbocycles. The monoisotopic (exact) mass is 460 g/mol. The van der Waals surface area contributed by atoms with Gasteiger partial charge in [-0.15, -0.1) is 0 Å². The zero-order valence-electron chi connectivity index (χ0n) is 19.7. The highest BCUT2D eigenvalue weighted by molar-refractivity contribution is 7.89. The molecule has 0 radical (unpaired) electrons. The van der Waals surface area contributed by atoms with Crippen LogP contribution in [-0.2, 0) is 23.0 Å². The summed E-state index contributed by atoms with van der Waals surface area (Å²) >= 11 is 0. The van der Waals surface area contributed by atoms with Crippen molar-refractivity contribution in [3.05, 3.63) is 62.1 Å². The molecule has 7 nitrogen and oxygen atoms in total. The molecule has 174 valence electrons. The molecule has 32 heavy (non-hydrogen) atoms. The smallest absolute Gasteiger partial charge is 0.299 e. The van der Waals surface area contributed by atoms with Gasteiger partial charge in [0.15, 0.2) is 0 Å². The van der Waals surface area contributed by atoms with Crippen LogP contribution < -0.4 is 4.72 Å². The third-order valence-corrected chi connectivity index (χ3v) is 8.63. The molecular formula is C24H34N3O4S+. The Labute approximate surface area is 191 Å². The van der Waals surface area contributed by atoms with Gasteiger partial charge in [-0.1, -0.05) is 6.07 Å². The predicted octanol–water partition coefficient (Wildman–Crippen LogP) is 4.15. The highest BCUT2D eigenvalue weighted by Gasteiger charge is 2.24. The van der Waals surface area contributed by atoms with Crippen molar-refractivity contribution < 1.29 is 18.5 Å². The average Bonchev–Trinajstić information content (AvgIpc) is 2.75. The van der Waals surface area contributed by atoms with Crippen molar-refractivity contribution in [3.63, 3.8) is 0 Å². The molecule has 2 aromatic rings. The standard InChI is InChI=1S/C24H34N3O4S/c1-16-17(2)19(4)24(20(5)18(16)3)32(30,31)25-11-6-7-12-26-13-10-21-8-9-23(27(28)29)14-22(21)15-26/h8-9,14,25H,6-7,10-13,15H2,1-5H3,(H,28,29)/q+1. The van der Waals surface area contributed by atoms with Crippen molar-refractivity contribution in [2.45, 2.75) is 65.3 Å². The molecule has 0 spiro atoms. The average molecular weight is 461 g/mol. The highest BCUT2D eigenvalue weighted by Crippen LogP contribution is 2.29. The molecule has 0 aromatic heterocycles. The first-order valence-electron chi connectivity index (χ1n) is 11.1. The van der Waals surface area contributed by atoms with Crippen molar-refractivity contribution in [2.24, 2.45) is 0 Å². The number of nitrogens with zero attached hydrogens (tertiary/aromatic N) is 2. The minimum absolute atomic E-state index is 0.105. The van der Waals surface area contributed by atoms with Gasteiger partial charge >= 0.3 is 5.69 Å². The molecule has 0 saturated carbocycles. The number of sulfonamides is 1. The fourth-order valence-electron chi connectivity index (χ4n) is 4.52. The van der Waals surface area contributed by atoms with Crippen LogP contribution in [0.25, 0.3) is 0 Å². The van der Waals surface area contributed by atoms with Crippen molar-refractivity contribution in [3.8, 4) is 0 Å². The molecule has 0 unspecified atom stereocenters. The maximum absolute atomic E-state index is 13.0. The van der Waals surface area contributed by atoms with E-state index in [-0.39, 0.29) is 10.6 Å². The Kier molecular flexibility index (Phi) is 7.37. The number of rotatable bonds is 8. The fraction of sp³-hybridized carbons (Fsp3) is 0.500. The summed E-state index contributed by atoms with van der Waals surface area (Å²) in [4.78, 5) is 13.7. The number of unbranched alkanes of at least 4 members (excludes halogenated alkanes) is 1. The van der Waals surface area contributed by atoms with Crippen LogP contribution in [0.2, 0.25) is 0 Å². The zero-order chi connectivity index (χ0) is 23.6. The van der Waals surface area contributed by atoms with Gasteiger partial charge < -0.3 is 0 Å². The molecule has 1 aliphatic heterocycles. The minimum Gasteiger partial charge on any atom is -0.299 e. The second-order valence-electron chi connectivity index (χ2n) is 8.81. The lowest BCUT2D eigenvalue weighted by Crippen LogP contribution is -2.32. The van der Waals surface area contributed by atoms with Crippen molar-refractivity contribution in [1.29, 1.82) is 0 Å². The van der Waals surface area contributed by atoms with Gasteiger partial charge in [-0.25, -0.2) is 18.3 Å². The van der Waals surface area contributed by atoms with Gasteiger partial charge in [-0.05, 0) is 99.4 Å². The number of nitrogens with one attached hydrogen (secondary N) is 1. The Balaban J connectivity index is 1.54. The fourth-order valence-corrected chi connectivity index (χ4v) is 6.19. The van der Waals surface area contributed by atoms with Crippen LogP contribution in [0.3, 0.4) is 0 Å². The molecule has 0 fully saturated rings. The summed E-state index contributed by atoms with van der Waals surface area (Å²) < 4.78 is 28.8. The second-order valence-corrected chi connectivity index (χ2v) is 10.5. The van der Waals surface area contributed by atoms with Gasteiger partial charge in [0.25, 0.3) is 4.92 Å². The third-order valence-electron chi connectivity index (χ3n) is 6.90. The lowest BCUT2D eigenvalue weighted by atomic mass is 9.95. The zero-order valence-corrected chi connectivity index (χ0v) is 20.5. The van der Waals surface area contributed by atoms with E-state index in [1.54, 1.807) is 12.1 Å². The number of hydrogen-bond acceptors (Lipinski definition) is 4. The van der Waals surface area contributed by atoms with Crippen molar-refractivity contribution >= 4 is 15.7 Å². The maximum Gasteiger partial charge on any atom is 0.316 e. The molecular weight excluding hydrogens is 426 g/mol. The molecule has 8 heteroatoms. The quantitative estimate of drug-likeness (QED) is 0.456. The van der Waals surface area contributed by atoms with Gasteiger partial charge in [0.05, 0.1) is 9.80 Å². The maximum atomic E-state index is 13.0. The first kappa shape index (κ1) is 24.4. The Bertz CT molecular complexity index is 1110. The Hall–Kier alpha value is -2.29. The summed E-state index contributed by atoms with van der Waals surface area (Å²) in [5, 5.41) is 9.13. The van der Waals surface area contributed by atoms with Gasteiger partial charge in [-0.2, -0.15) is 0 Å². The molecule has 2 aromatic carbocycles. The number of hydrogen-bond donors (Lipinski definition) is 2. The van der Waals surface area contributed by atoms with E-state index in [0.29, 0.717) is 11.4 Å². The number of fused-ring (bicyclic) bond motifs is 1. The van der Waals surface area contributed by atoms with Crippen molar-refractivity contribution in [2.75, 3.05) is 19.6 Å². The molecule has 0 bridgehead atoms. The molecule has 3 rings (SSSR count). The van der Waals surface area contributed by atoms with Crippen LogP contribution in [0.15, 0.2) is 23.1 Å². The molecule has 1 heterocycles. The predicted molar refractivity (Wildman–Crippen MR) is 125 cm³/mol. The highest BCUT2D eigenvalue weighted by atomic mass is 32.2. The van der Waals surface area contributed by atoms with Gasteiger partial charge in [-0.3, -0.25) is 4.90 Å². The van der Waals surface area contributed by atoms with E-state index in [4.69, 9.17) is 5.21 Å². The summed E-state index contributed by atoms with van der Waals surface area (Å²) in [5.74, 6) is 0. The Morgan fingerprint density at radius 1 is 0.969 bits per heavy atom. The largest absolute Gasteiger partial charge is 0.316 e. The summed E-state index contributed by atoms with van der Waals surface area (Å²) in [5.41, 5.74) is 7.36. The topological polar surface area (TPSA) is 89.7 Å². The first-order valence-corrected chi connectivity index (χ1v) is 12.6. The van der Waals surface area contributed by atoms with E-state index in [2.05, 4.69) is 9.62 Å². The van der Waals surface area contributed by atoms with Crippen molar-refractivity contribution in [1.82, 2.24) is 9.62 Å². The van der Waals surface area contributed by atoms with E-state index in [0.717, 1.165) is 72.3 Å². The van der Waals surface area contributed by atoms with Gasteiger partial charge in [0.1, 0.15) is 0 Å². The SMILES string of the molecule is Cc1c(C)c(C)c(S(=O)(=O)NCCCCN2CCc3ccc([N+](=O)O)cc3C2)c(C)c1C. The molecule has 0 atom stereocenters. The van der Waals surface area contributed by atoms with E-state index in [1.165, 1.54) is 5.56 Å². The summed E-state index contributed by atoms with van der Waals surface area (Å²) in [6.07, 6.45) is 2.52. The van der Waals surface area contributed by atoms with E-state index in [1.807, 2.05) is 40.7 Å². The summed E-state index contributed by atoms with van der Waals surface area (Å²) in [6.45, 7) is 12.7. The van der Waals surface area contributed by atoms with Gasteiger partial charge in [0.2, 0.25) is 10.0 Å². The molecule has 2 N–H and O–H groups in total. The molecule has 1 aliphatic rings. The lowest BCUT2D eigenvalue weighted by molar-refractivity contribution is -0.729. The Morgan fingerprint density at radius 3 is 2.22 bits per heavy atom. The minimum atomic E-state index is -3.56.